The van der Waals surface area contributed by atoms with Crippen LogP contribution in [0, 0.1) is 19.7 Å². The molecule has 0 unspecified atom stereocenters. The van der Waals surface area contributed by atoms with Crippen LogP contribution in [0.5, 0.6) is 0 Å². The number of rotatable bonds is 5. The zero-order valence-electron chi connectivity index (χ0n) is 18.0. The first kappa shape index (κ1) is 19.5. The minimum Gasteiger partial charge on any atom is -0.388 e. The van der Waals surface area contributed by atoms with E-state index in [9.17, 15) is 0 Å². The van der Waals surface area contributed by atoms with E-state index in [-0.39, 0.29) is 5.82 Å². The minimum absolute atomic E-state index is 0.140. The lowest BCUT2D eigenvalue weighted by molar-refractivity contribution is 0.605. The molecule has 0 spiro atoms. The molecule has 0 radical (unpaired) electrons. The first-order valence-electron chi connectivity index (χ1n) is 10.6. The van der Waals surface area contributed by atoms with E-state index in [0.717, 1.165) is 57.4 Å². The van der Waals surface area contributed by atoms with Crippen molar-refractivity contribution in [2.24, 2.45) is 0 Å². The summed E-state index contributed by atoms with van der Waals surface area (Å²) in [5, 5.41) is 11.7. The molecule has 0 atom stereocenters. The number of benzene rings is 3. The normalized spacial score (nSPS) is 13.5. The van der Waals surface area contributed by atoms with Crippen LogP contribution in [-0.2, 0) is 0 Å². The molecule has 156 valence electrons. The molecule has 5 rings (SSSR count). The quantitative estimate of drug-likeness (QED) is 0.443. The number of halogens is 1. The van der Waals surface area contributed by atoms with Gasteiger partial charge in [0, 0.05) is 18.3 Å². The van der Waals surface area contributed by atoms with E-state index >= 15 is 4.39 Å². The Morgan fingerprint density at radius 1 is 1.10 bits per heavy atom. The van der Waals surface area contributed by atoms with E-state index in [1.54, 1.807) is 7.05 Å². The van der Waals surface area contributed by atoms with Gasteiger partial charge in [0.05, 0.1) is 11.2 Å². The molecule has 1 aliphatic rings. The van der Waals surface area contributed by atoms with Crippen LogP contribution in [0.2, 0.25) is 0 Å². The van der Waals surface area contributed by atoms with Crippen LogP contribution in [0.15, 0.2) is 55.1 Å². The number of aromatic nitrogens is 3. The second-order valence-corrected chi connectivity index (χ2v) is 8.32. The summed E-state index contributed by atoms with van der Waals surface area (Å²) < 4.78 is 17.3. The maximum atomic E-state index is 15.4. The van der Waals surface area contributed by atoms with Gasteiger partial charge in [-0.05, 0) is 90.8 Å². The summed E-state index contributed by atoms with van der Waals surface area (Å²) >= 11 is 0. The van der Waals surface area contributed by atoms with E-state index in [1.807, 2.05) is 48.0 Å². The number of nitrogens with zero attached hydrogens (tertiary/aromatic N) is 3. The Balaban J connectivity index is 1.73. The predicted octanol–water partition coefficient (Wildman–Crippen LogP) is 5.91. The number of fused-ring (bicyclic) bond motifs is 1. The van der Waals surface area contributed by atoms with Crippen molar-refractivity contribution < 1.29 is 4.39 Å². The average molecular weight is 413 g/mol. The Hall–Kier alpha value is -3.47. The molecule has 5 heteroatoms. The monoisotopic (exact) mass is 412 g/mol. The van der Waals surface area contributed by atoms with Crippen LogP contribution in [-0.4, -0.2) is 22.0 Å². The van der Waals surface area contributed by atoms with Crippen molar-refractivity contribution in [3.63, 3.8) is 0 Å². The highest BCUT2D eigenvalue weighted by molar-refractivity contribution is 5.81. The molecule has 31 heavy (non-hydrogen) atoms. The highest BCUT2D eigenvalue weighted by Gasteiger charge is 2.30. The molecule has 1 fully saturated rings. The molecule has 4 aromatic rings. The fourth-order valence-electron chi connectivity index (χ4n) is 4.32. The van der Waals surface area contributed by atoms with E-state index in [1.165, 1.54) is 0 Å². The molecule has 0 aliphatic heterocycles. The highest BCUT2D eigenvalue weighted by Crippen LogP contribution is 2.45. The molecule has 0 bridgehead atoms. The van der Waals surface area contributed by atoms with Gasteiger partial charge >= 0.3 is 0 Å². The van der Waals surface area contributed by atoms with Crippen LogP contribution >= 0.6 is 0 Å². The Morgan fingerprint density at radius 3 is 2.61 bits per heavy atom. The van der Waals surface area contributed by atoms with E-state index in [2.05, 4.69) is 41.3 Å². The Kier molecular flexibility index (Phi) is 4.62. The van der Waals surface area contributed by atoms with Crippen molar-refractivity contribution in [2.45, 2.75) is 32.6 Å². The second kappa shape index (κ2) is 7.34. The SMILES string of the molecule is C=C(NC)c1c(C)c(-c2cc(-n3nnc4ccccc43)ccc2C)cc(C2CC2)c1F. The maximum Gasteiger partial charge on any atom is 0.136 e. The number of para-hydroxylation sites is 1. The molecule has 1 heterocycles. The summed E-state index contributed by atoms with van der Waals surface area (Å²) in [4.78, 5) is 0. The lowest BCUT2D eigenvalue weighted by atomic mass is 9.88. The molecule has 1 aliphatic carbocycles. The molecular formula is C26H25FN4. The van der Waals surface area contributed by atoms with Gasteiger partial charge in [-0.3, -0.25) is 0 Å². The van der Waals surface area contributed by atoms with Crippen molar-refractivity contribution in [1.29, 1.82) is 0 Å². The van der Waals surface area contributed by atoms with E-state index in [0.29, 0.717) is 17.2 Å². The third-order valence-corrected chi connectivity index (χ3v) is 6.28. The van der Waals surface area contributed by atoms with Gasteiger partial charge in [0.15, 0.2) is 0 Å². The second-order valence-electron chi connectivity index (χ2n) is 8.32. The Labute approximate surface area is 181 Å². The van der Waals surface area contributed by atoms with Crippen molar-refractivity contribution >= 4 is 16.7 Å². The summed E-state index contributed by atoms with van der Waals surface area (Å²) in [7, 11) is 1.78. The van der Waals surface area contributed by atoms with Gasteiger partial charge in [-0.2, -0.15) is 0 Å². The van der Waals surface area contributed by atoms with Gasteiger partial charge in [0.1, 0.15) is 11.3 Å². The van der Waals surface area contributed by atoms with Gasteiger partial charge in [-0.25, -0.2) is 9.07 Å². The lowest BCUT2D eigenvalue weighted by Crippen LogP contribution is -2.10. The standard InChI is InChI=1S/C26H25FN4/c1-15-9-12-19(31-24-8-6-5-7-23(24)29-30-31)13-20(15)21-14-22(18-10-11-18)26(27)25(16(21)2)17(3)28-4/h5-9,12-14,18,28H,3,10-11H2,1-2,4H3. The van der Waals surface area contributed by atoms with Gasteiger partial charge in [-0.15, -0.1) is 5.10 Å². The smallest absolute Gasteiger partial charge is 0.136 e. The molecule has 1 saturated carbocycles. The molecule has 3 aromatic carbocycles. The van der Waals surface area contributed by atoms with Crippen molar-refractivity contribution in [2.75, 3.05) is 7.05 Å². The zero-order valence-corrected chi connectivity index (χ0v) is 18.0. The number of aryl methyl sites for hydroxylation is 1. The van der Waals surface area contributed by atoms with Crippen LogP contribution in [0.3, 0.4) is 0 Å². The van der Waals surface area contributed by atoms with Crippen molar-refractivity contribution in [3.05, 3.63) is 83.2 Å². The molecule has 0 saturated heterocycles. The molecule has 0 amide bonds. The fourth-order valence-corrected chi connectivity index (χ4v) is 4.32. The summed E-state index contributed by atoms with van der Waals surface area (Å²) in [5.41, 5.74) is 8.86. The van der Waals surface area contributed by atoms with E-state index < -0.39 is 0 Å². The molecule has 1 aromatic heterocycles. The third kappa shape index (κ3) is 3.21. The van der Waals surface area contributed by atoms with Gasteiger partial charge < -0.3 is 5.32 Å². The summed E-state index contributed by atoms with van der Waals surface area (Å²) in [6.45, 7) is 8.13. The topological polar surface area (TPSA) is 42.7 Å². The number of hydrogen-bond donors (Lipinski definition) is 1. The van der Waals surface area contributed by atoms with Gasteiger partial charge in [0.2, 0.25) is 0 Å². The fraction of sp³-hybridized carbons (Fsp3) is 0.231. The summed E-state index contributed by atoms with van der Waals surface area (Å²) in [6, 6.07) is 16.2. The van der Waals surface area contributed by atoms with Crippen LogP contribution in [0.25, 0.3) is 33.5 Å². The van der Waals surface area contributed by atoms with Crippen LogP contribution in [0.4, 0.5) is 4.39 Å². The van der Waals surface area contributed by atoms with E-state index in [4.69, 9.17) is 0 Å². The van der Waals surface area contributed by atoms with Crippen molar-refractivity contribution in [3.8, 4) is 16.8 Å². The third-order valence-electron chi connectivity index (χ3n) is 6.28. The molecule has 1 N–H and O–H groups in total. The Morgan fingerprint density at radius 2 is 1.87 bits per heavy atom. The van der Waals surface area contributed by atoms with Crippen molar-refractivity contribution in [1.82, 2.24) is 20.3 Å². The summed E-state index contributed by atoms with van der Waals surface area (Å²) in [5.74, 6) is 0.157. The molecular weight excluding hydrogens is 387 g/mol. The van der Waals surface area contributed by atoms with Crippen LogP contribution in [0.1, 0.15) is 41.0 Å². The first-order valence-corrected chi connectivity index (χ1v) is 10.6. The average Bonchev–Trinajstić information content (AvgIpc) is 3.53. The molecule has 4 nitrogen and oxygen atoms in total. The largest absolute Gasteiger partial charge is 0.388 e. The first-order chi connectivity index (χ1) is 15.0. The van der Waals surface area contributed by atoms with Gasteiger partial charge in [0.25, 0.3) is 0 Å². The van der Waals surface area contributed by atoms with Crippen LogP contribution < -0.4 is 5.32 Å². The maximum absolute atomic E-state index is 15.4. The number of nitrogens with one attached hydrogen (secondary N) is 1. The Bertz CT molecular complexity index is 1330. The zero-order chi connectivity index (χ0) is 21.7. The highest BCUT2D eigenvalue weighted by atomic mass is 19.1. The van der Waals surface area contributed by atoms with Gasteiger partial charge in [-0.1, -0.05) is 30.0 Å². The lowest BCUT2D eigenvalue weighted by Gasteiger charge is -2.19. The predicted molar refractivity (Wildman–Crippen MR) is 124 cm³/mol. The summed E-state index contributed by atoms with van der Waals surface area (Å²) in [6.07, 6.45) is 2.07. The minimum atomic E-state index is -0.140. The number of hydrogen-bond acceptors (Lipinski definition) is 3.